The molecular weight excluding hydrogens is 198 g/mol. The van der Waals surface area contributed by atoms with Crippen LogP contribution >= 0.6 is 0 Å². The quantitative estimate of drug-likeness (QED) is 0.782. The summed E-state index contributed by atoms with van der Waals surface area (Å²) >= 11 is 0. The third-order valence-corrected chi connectivity index (χ3v) is 3.16. The molecular formula is C14H27NO. The molecule has 0 bridgehead atoms. The minimum Gasteiger partial charge on any atom is -0.351 e. The number of nitrogens with one attached hydrogen (secondary N) is 1. The molecule has 16 heavy (non-hydrogen) atoms. The lowest BCUT2D eigenvalue weighted by atomic mass is 9.81. The summed E-state index contributed by atoms with van der Waals surface area (Å²) in [5.74, 6) is 0.547. The smallest absolute Gasteiger partial charge is 0.223 e. The van der Waals surface area contributed by atoms with Gasteiger partial charge in [0.2, 0.25) is 5.91 Å². The summed E-state index contributed by atoms with van der Waals surface area (Å²) in [4.78, 5) is 12.0. The maximum atomic E-state index is 12.0. The number of rotatable bonds is 3. The lowest BCUT2D eigenvalue weighted by Crippen LogP contribution is -2.47. The topological polar surface area (TPSA) is 29.1 Å². The third-order valence-electron chi connectivity index (χ3n) is 3.16. The first kappa shape index (κ1) is 13.5. The van der Waals surface area contributed by atoms with E-state index in [1.54, 1.807) is 0 Å². The van der Waals surface area contributed by atoms with Gasteiger partial charge in [-0.3, -0.25) is 4.79 Å². The zero-order chi connectivity index (χ0) is 12.4. The van der Waals surface area contributed by atoms with Gasteiger partial charge in [0.1, 0.15) is 0 Å². The van der Waals surface area contributed by atoms with Crippen LogP contribution in [0.15, 0.2) is 0 Å². The summed E-state index contributed by atoms with van der Waals surface area (Å²) in [6, 6.07) is 0. The van der Waals surface area contributed by atoms with Crippen molar-refractivity contribution in [2.24, 2.45) is 11.3 Å². The molecule has 1 aliphatic carbocycles. The molecule has 0 aliphatic heterocycles. The Labute approximate surface area is 100 Å². The van der Waals surface area contributed by atoms with Gasteiger partial charge >= 0.3 is 0 Å². The molecule has 2 nitrogen and oxygen atoms in total. The van der Waals surface area contributed by atoms with Gasteiger partial charge in [0.05, 0.1) is 0 Å². The highest BCUT2D eigenvalue weighted by Gasteiger charge is 2.30. The van der Waals surface area contributed by atoms with E-state index in [1.807, 2.05) is 0 Å². The SMILES string of the molecule is CC(C)(C)CC(C)(C)NC(=O)C1CCCC1. The molecule has 1 rings (SSSR count). The molecule has 1 saturated carbocycles. The van der Waals surface area contributed by atoms with Crippen molar-refractivity contribution in [2.75, 3.05) is 0 Å². The van der Waals surface area contributed by atoms with Gasteiger partial charge in [-0.15, -0.1) is 0 Å². The van der Waals surface area contributed by atoms with E-state index >= 15 is 0 Å². The Morgan fingerprint density at radius 1 is 1.12 bits per heavy atom. The molecule has 0 saturated heterocycles. The first-order chi connectivity index (χ1) is 7.20. The predicted molar refractivity (Wildman–Crippen MR) is 68.3 cm³/mol. The normalized spacial score (nSPS) is 18.8. The van der Waals surface area contributed by atoms with Gasteiger partial charge in [-0.25, -0.2) is 0 Å². The second kappa shape index (κ2) is 4.77. The van der Waals surface area contributed by atoms with Crippen LogP contribution in [-0.4, -0.2) is 11.4 Å². The second-order valence-corrected chi connectivity index (χ2v) is 7.09. The molecule has 0 unspecified atom stereocenters. The standard InChI is InChI=1S/C14H27NO/c1-13(2,3)10-14(4,5)15-12(16)11-8-6-7-9-11/h11H,6-10H2,1-5H3,(H,15,16). The Balaban J connectivity index is 2.48. The van der Waals surface area contributed by atoms with Crippen molar-refractivity contribution in [1.82, 2.24) is 5.32 Å². The maximum absolute atomic E-state index is 12.0. The summed E-state index contributed by atoms with van der Waals surface area (Å²) < 4.78 is 0. The number of hydrogen-bond acceptors (Lipinski definition) is 1. The van der Waals surface area contributed by atoms with E-state index in [0.29, 0.717) is 0 Å². The van der Waals surface area contributed by atoms with Crippen molar-refractivity contribution < 1.29 is 4.79 Å². The Morgan fingerprint density at radius 2 is 1.62 bits per heavy atom. The number of amides is 1. The first-order valence-electron chi connectivity index (χ1n) is 6.52. The van der Waals surface area contributed by atoms with Crippen LogP contribution in [0.25, 0.3) is 0 Å². The van der Waals surface area contributed by atoms with Crippen LogP contribution in [0.3, 0.4) is 0 Å². The zero-order valence-electron chi connectivity index (χ0n) is 11.5. The van der Waals surface area contributed by atoms with E-state index in [4.69, 9.17) is 0 Å². The fourth-order valence-corrected chi connectivity index (χ4v) is 2.99. The largest absolute Gasteiger partial charge is 0.351 e. The Hall–Kier alpha value is -0.530. The number of carbonyl (C=O) groups excluding carboxylic acids is 1. The van der Waals surface area contributed by atoms with Crippen LogP contribution in [0.1, 0.15) is 66.7 Å². The fraction of sp³-hybridized carbons (Fsp3) is 0.929. The third kappa shape index (κ3) is 4.54. The molecule has 1 amide bonds. The van der Waals surface area contributed by atoms with Crippen molar-refractivity contribution in [3.63, 3.8) is 0 Å². The summed E-state index contributed by atoms with van der Waals surface area (Å²) in [5.41, 5.74) is 0.171. The molecule has 94 valence electrons. The van der Waals surface area contributed by atoms with Crippen LogP contribution in [0, 0.1) is 11.3 Å². The van der Waals surface area contributed by atoms with Gasteiger partial charge in [-0.05, 0) is 38.5 Å². The van der Waals surface area contributed by atoms with E-state index in [2.05, 4.69) is 39.9 Å². The molecule has 0 radical (unpaired) electrons. The van der Waals surface area contributed by atoms with Gasteiger partial charge in [0.15, 0.2) is 0 Å². The van der Waals surface area contributed by atoms with Crippen LogP contribution in [0.2, 0.25) is 0 Å². The Kier molecular flexibility index (Phi) is 4.03. The number of hydrogen-bond donors (Lipinski definition) is 1. The van der Waals surface area contributed by atoms with Crippen LogP contribution < -0.4 is 5.32 Å². The lowest BCUT2D eigenvalue weighted by molar-refractivity contribution is -0.126. The summed E-state index contributed by atoms with van der Waals surface area (Å²) in [6.07, 6.45) is 5.61. The van der Waals surface area contributed by atoms with Gasteiger partial charge in [0.25, 0.3) is 0 Å². The van der Waals surface area contributed by atoms with Gasteiger partial charge in [-0.2, -0.15) is 0 Å². The summed E-state index contributed by atoms with van der Waals surface area (Å²) in [7, 11) is 0. The van der Waals surface area contributed by atoms with E-state index in [9.17, 15) is 4.79 Å². The van der Waals surface area contributed by atoms with Crippen molar-refractivity contribution in [1.29, 1.82) is 0 Å². The predicted octanol–water partition coefficient (Wildman–Crippen LogP) is 3.51. The minimum absolute atomic E-state index is 0.0854. The second-order valence-electron chi connectivity index (χ2n) is 7.09. The maximum Gasteiger partial charge on any atom is 0.223 e. The van der Waals surface area contributed by atoms with Crippen molar-refractivity contribution in [2.45, 2.75) is 72.3 Å². The Bertz CT molecular complexity index is 244. The van der Waals surface area contributed by atoms with Crippen LogP contribution in [0.4, 0.5) is 0 Å². The van der Waals surface area contributed by atoms with Crippen molar-refractivity contribution in [3.8, 4) is 0 Å². The molecule has 2 heteroatoms. The molecule has 0 atom stereocenters. The summed E-state index contributed by atoms with van der Waals surface area (Å²) in [6.45, 7) is 10.9. The van der Waals surface area contributed by atoms with Crippen molar-refractivity contribution in [3.05, 3.63) is 0 Å². The highest BCUT2D eigenvalue weighted by Crippen LogP contribution is 2.29. The molecule has 1 N–H and O–H groups in total. The monoisotopic (exact) mass is 225 g/mol. The van der Waals surface area contributed by atoms with E-state index in [0.717, 1.165) is 19.3 Å². The zero-order valence-corrected chi connectivity index (χ0v) is 11.5. The highest BCUT2D eigenvalue weighted by atomic mass is 16.2. The van der Waals surface area contributed by atoms with E-state index < -0.39 is 0 Å². The average molecular weight is 225 g/mol. The molecule has 0 aromatic rings. The molecule has 0 heterocycles. The highest BCUT2D eigenvalue weighted by molar-refractivity contribution is 5.79. The first-order valence-corrected chi connectivity index (χ1v) is 6.52. The van der Waals surface area contributed by atoms with Gasteiger partial charge < -0.3 is 5.32 Å². The van der Waals surface area contributed by atoms with Crippen LogP contribution in [0.5, 0.6) is 0 Å². The van der Waals surface area contributed by atoms with Gasteiger partial charge in [0, 0.05) is 11.5 Å². The van der Waals surface area contributed by atoms with Crippen molar-refractivity contribution >= 4 is 5.91 Å². The van der Waals surface area contributed by atoms with Crippen LogP contribution in [-0.2, 0) is 4.79 Å². The molecule has 0 spiro atoms. The van der Waals surface area contributed by atoms with E-state index in [-0.39, 0.29) is 22.8 Å². The minimum atomic E-state index is -0.0854. The van der Waals surface area contributed by atoms with E-state index in [1.165, 1.54) is 12.8 Å². The number of carbonyl (C=O) groups is 1. The van der Waals surface area contributed by atoms with Gasteiger partial charge in [-0.1, -0.05) is 33.6 Å². The molecule has 1 aliphatic rings. The molecule has 0 aromatic carbocycles. The average Bonchev–Trinajstić information content (AvgIpc) is 2.48. The Morgan fingerprint density at radius 3 is 2.06 bits per heavy atom. The fourth-order valence-electron chi connectivity index (χ4n) is 2.99. The summed E-state index contributed by atoms with van der Waals surface area (Å²) in [5, 5.41) is 3.22. The lowest BCUT2D eigenvalue weighted by Gasteiger charge is -2.34. The molecule has 0 aromatic heterocycles. The molecule has 1 fully saturated rings.